The molecule has 3 aromatic rings. The normalized spacial score (nSPS) is 20.6. The van der Waals surface area contributed by atoms with Gasteiger partial charge in [-0.15, -0.1) is 11.8 Å². The summed E-state index contributed by atoms with van der Waals surface area (Å²) >= 11 is 4.85. The number of thioether (sulfide) groups is 1. The van der Waals surface area contributed by atoms with Gasteiger partial charge < -0.3 is 4.90 Å². The van der Waals surface area contributed by atoms with E-state index < -0.39 is 4.87 Å². The molecule has 2 aliphatic rings. The first-order valence-electron chi connectivity index (χ1n) is 9.29. The van der Waals surface area contributed by atoms with Gasteiger partial charge in [0.15, 0.2) is 0 Å². The fourth-order valence-corrected chi connectivity index (χ4v) is 5.69. The van der Waals surface area contributed by atoms with Crippen LogP contribution in [0, 0.1) is 0 Å². The quantitative estimate of drug-likeness (QED) is 0.551. The zero-order valence-corrected chi connectivity index (χ0v) is 17.8. The van der Waals surface area contributed by atoms with Gasteiger partial charge in [0.1, 0.15) is 0 Å². The minimum atomic E-state index is -1.06. The van der Waals surface area contributed by atoms with Crippen LogP contribution in [0.15, 0.2) is 83.3 Å². The number of nitrogens with zero attached hydrogens (tertiary/aromatic N) is 2. The third-order valence-electron chi connectivity index (χ3n) is 5.33. The van der Waals surface area contributed by atoms with E-state index in [1.54, 1.807) is 4.90 Å². The van der Waals surface area contributed by atoms with Crippen LogP contribution in [0.1, 0.15) is 11.1 Å². The fraction of sp³-hybridized carbons (Fsp3) is 0.130. The van der Waals surface area contributed by atoms with E-state index in [9.17, 15) is 9.59 Å². The first-order valence-corrected chi connectivity index (χ1v) is 11.1. The van der Waals surface area contributed by atoms with Gasteiger partial charge in [0, 0.05) is 15.7 Å². The lowest BCUT2D eigenvalue weighted by Gasteiger charge is -2.33. The highest BCUT2D eigenvalue weighted by atomic mass is 79.9. The summed E-state index contributed by atoms with van der Waals surface area (Å²) in [5.41, 5.74) is 3.52. The van der Waals surface area contributed by atoms with Gasteiger partial charge in [0.2, 0.25) is 10.8 Å². The minimum absolute atomic E-state index is 0.0537. The number of para-hydroxylation sites is 1. The molecule has 0 bridgehead atoms. The number of rotatable bonds is 3. The van der Waals surface area contributed by atoms with E-state index in [1.807, 2.05) is 83.8 Å². The smallest absolute Gasteiger partial charge is 0.269 e. The number of carbonyl (C=O) groups excluding carboxylic acids is 2. The Labute approximate surface area is 181 Å². The van der Waals surface area contributed by atoms with E-state index in [2.05, 4.69) is 15.9 Å². The van der Waals surface area contributed by atoms with E-state index in [1.165, 1.54) is 11.8 Å². The maximum absolute atomic E-state index is 13.9. The van der Waals surface area contributed by atoms with Crippen molar-refractivity contribution in [1.82, 2.24) is 0 Å². The third kappa shape index (κ3) is 2.81. The Morgan fingerprint density at radius 2 is 1.59 bits per heavy atom. The topological polar surface area (TPSA) is 40.6 Å². The standard InChI is InChI=1S/C23H17BrN2O2S/c24-17-10-12-18(13-11-17)26-21(27)15-29-23(26)19-8-4-5-9-20(19)25(22(23)28)14-16-6-2-1-3-7-16/h1-13H,14-15H2. The number of carbonyl (C=O) groups is 2. The molecule has 6 heteroatoms. The van der Waals surface area contributed by atoms with Crippen molar-refractivity contribution >= 4 is 50.9 Å². The second-order valence-corrected chi connectivity index (χ2v) is 9.12. The molecule has 1 spiro atoms. The highest BCUT2D eigenvalue weighted by Crippen LogP contribution is 2.55. The molecule has 2 aliphatic heterocycles. The van der Waals surface area contributed by atoms with Crippen LogP contribution in [0.4, 0.5) is 11.4 Å². The van der Waals surface area contributed by atoms with Gasteiger partial charge in [0.25, 0.3) is 5.91 Å². The molecule has 1 atom stereocenters. The Morgan fingerprint density at radius 1 is 0.897 bits per heavy atom. The summed E-state index contributed by atoms with van der Waals surface area (Å²) in [6.45, 7) is 0.474. The summed E-state index contributed by atoms with van der Waals surface area (Å²) in [4.78, 5) is 29.3. The molecule has 1 saturated heterocycles. The molecule has 144 valence electrons. The molecule has 2 amide bonds. The first-order chi connectivity index (χ1) is 14.1. The zero-order chi connectivity index (χ0) is 20.0. The van der Waals surface area contributed by atoms with Crippen molar-refractivity contribution in [2.45, 2.75) is 11.4 Å². The Morgan fingerprint density at radius 3 is 2.34 bits per heavy atom. The van der Waals surface area contributed by atoms with Gasteiger partial charge >= 0.3 is 0 Å². The van der Waals surface area contributed by atoms with Crippen molar-refractivity contribution in [3.05, 3.63) is 94.5 Å². The van der Waals surface area contributed by atoms with E-state index in [0.717, 1.165) is 27.0 Å². The highest BCUT2D eigenvalue weighted by Gasteiger charge is 2.60. The van der Waals surface area contributed by atoms with Crippen molar-refractivity contribution < 1.29 is 9.59 Å². The molecule has 0 aromatic heterocycles. The van der Waals surface area contributed by atoms with Crippen molar-refractivity contribution in [1.29, 1.82) is 0 Å². The largest absolute Gasteiger partial charge is 0.304 e. The van der Waals surface area contributed by atoms with Crippen LogP contribution in [0.5, 0.6) is 0 Å². The molecule has 1 fully saturated rings. The number of fused-ring (bicyclic) bond motifs is 2. The van der Waals surface area contributed by atoms with E-state index >= 15 is 0 Å². The second kappa shape index (κ2) is 7.04. The minimum Gasteiger partial charge on any atom is -0.304 e. The Kier molecular flexibility index (Phi) is 4.48. The molecule has 2 heterocycles. The lowest BCUT2D eigenvalue weighted by Crippen LogP contribution is -2.49. The Hall–Kier alpha value is -2.57. The van der Waals surface area contributed by atoms with Crippen molar-refractivity contribution in [2.75, 3.05) is 15.6 Å². The van der Waals surface area contributed by atoms with Crippen LogP contribution in [-0.4, -0.2) is 17.6 Å². The molecular formula is C23H17BrN2O2S. The van der Waals surface area contributed by atoms with E-state index in [0.29, 0.717) is 6.54 Å². The van der Waals surface area contributed by atoms with Gasteiger partial charge in [0.05, 0.1) is 18.0 Å². The number of hydrogen-bond acceptors (Lipinski definition) is 3. The maximum Gasteiger partial charge on any atom is 0.269 e. The molecule has 4 nitrogen and oxygen atoms in total. The van der Waals surface area contributed by atoms with Crippen LogP contribution in [0.3, 0.4) is 0 Å². The van der Waals surface area contributed by atoms with Gasteiger partial charge in [-0.25, -0.2) is 0 Å². The van der Waals surface area contributed by atoms with Gasteiger partial charge in [-0.1, -0.05) is 64.5 Å². The molecule has 0 radical (unpaired) electrons. The summed E-state index contributed by atoms with van der Waals surface area (Å²) < 4.78 is 0.929. The van der Waals surface area contributed by atoms with E-state index in [4.69, 9.17) is 0 Å². The highest BCUT2D eigenvalue weighted by molar-refractivity contribution is 9.10. The van der Waals surface area contributed by atoms with Gasteiger partial charge in [-0.2, -0.15) is 0 Å². The predicted molar refractivity (Wildman–Crippen MR) is 120 cm³/mol. The number of hydrogen-bond donors (Lipinski definition) is 0. The Balaban J connectivity index is 1.65. The summed E-state index contributed by atoms with van der Waals surface area (Å²) in [6, 6.07) is 25.3. The average Bonchev–Trinajstić information content (AvgIpc) is 3.21. The summed E-state index contributed by atoms with van der Waals surface area (Å²) in [6.07, 6.45) is 0. The van der Waals surface area contributed by atoms with Crippen LogP contribution in [-0.2, 0) is 21.0 Å². The van der Waals surface area contributed by atoms with Crippen LogP contribution in [0.25, 0.3) is 0 Å². The molecule has 3 aromatic carbocycles. The number of amides is 2. The molecule has 5 rings (SSSR count). The maximum atomic E-state index is 13.9. The lowest BCUT2D eigenvalue weighted by molar-refractivity contribution is -0.123. The molecule has 0 aliphatic carbocycles. The van der Waals surface area contributed by atoms with Gasteiger partial charge in [-0.3, -0.25) is 14.5 Å². The summed E-state index contributed by atoms with van der Waals surface area (Å²) in [5.74, 6) is 0.151. The number of anilines is 2. The molecule has 29 heavy (non-hydrogen) atoms. The number of halogens is 1. The summed E-state index contributed by atoms with van der Waals surface area (Å²) in [7, 11) is 0. The van der Waals surface area contributed by atoms with Crippen LogP contribution >= 0.6 is 27.7 Å². The molecule has 0 N–H and O–H groups in total. The van der Waals surface area contributed by atoms with Crippen LogP contribution in [0.2, 0.25) is 0 Å². The third-order valence-corrected chi connectivity index (χ3v) is 7.25. The predicted octanol–water partition coefficient (Wildman–Crippen LogP) is 4.93. The summed E-state index contributed by atoms with van der Waals surface area (Å²) in [5, 5.41) is 0. The van der Waals surface area contributed by atoms with E-state index in [-0.39, 0.29) is 17.6 Å². The number of benzene rings is 3. The van der Waals surface area contributed by atoms with Crippen molar-refractivity contribution in [3.8, 4) is 0 Å². The fourth-order valence-electron chi connectivity index (χ4n) is 4.07. The Bertz CT molecular complexity index is 1100. The first kappa shape index (κ1) is 18.5. The molecular weight excluding hydrogens is 448 g/mol. The zero-order valence-electron chi connectivity index (χ0n) is 15.4. The van der Waals surface area contributed by atoms with Crippen LogP contribution < -0.4 is 9.80 Å². The molecule has 1 unspecified atom stereocenters. The molecule has 0 saturated carbocycles. The monoisotopic (exact) mass is 464 g/mol. The van der Waals surface area contributed by atoms with Crippen molar-refractivity contribution in [3.63, 3.8) is 0 Å². The SMILES string of the molecule is O=C1CSC2(C(=O)N(Cc3ccccc3)c3ccccc32)N1c1ccc(Br)cc1. The second-order valence-electron chi connectivity index (χ2n) is 7.03. The lowest BCUT2D eigenvalue weighted by atomic mass is 10.0. The van der Waals surface area contributed by atoms with Crippen molar-refractivity contribution in [2.24, 2.45) is 0 Å². The average molecular weight is 465 g/mol. The van der Waals surface area contributed by atoms with Gasteiger partial charge in [-0.05, 0) is 35.9 Å².